The number of piperazine rings is 1. The van der Waals surface area contributed by atoms with Gasteiger partial charge in [0.05, 0.1) is 29.8 Å². The zero-order valence-electron chi connectivity index (χ0n) is 26.4. The van der Waals surface area contributed by atoms with Crippen molar-refractivity contribution in [2.45, 2.75) is 52.5 Å². The Balaban J connectivity index is 1.26. The normalized spacial score (nSPS) is 20.8. The molecule has 0 N–H and O–H groups in total. The molecule has 1 aromatic heterocycles. The Kier molecular flexibility index (Phi) is 9.71. The van der Waals surface area contributed by atoms with Crippen LogP contribution in [0.2, 0.25) is 0 Å². The van der Waals surface area contributed by atoms with Gasteiger partial charge >= 0.3 is 0 Å². The van der Waals surface area contributed by atoms with Crippen molar-refractivity contribution in [3.8, 4) is 5.75 Å². The number of anilines is 1. The van der Waals surface area contributed by atoms with Crippen molar-refractivity contribution in [1.29, 1.82) is 0 Å². The average Bonchev–Trinajstić information content (AvgIpc) is 3.04. The van der Waals surface area contributed by atoms with Crippen LogP contribution >= 0.6 is 8.81 Å². The van der Waals surface area contributed by atoms with E-state index in [-0.39, 0.29) is 23.5 Å². The molecule has 3 aromatic rings. The molecule has 6 rings (SSSR count). The number of nitrogens with zero attached hydrogens (tertiary/aromatic N) is 5. The van der Waals surface area contributed by atoms with Gasteiger partial charge in [-0.15, -0.1) is 0 Å². The third-order valence-corrected chi connectivity index (χ3v) is 13.0. The Morgan fingerprint density at radius 3 is 1.96 bits per heavy atom. The lowest BCUT2D eigenvalue weighted by molar-refractivity contribution is 0.0495. The number of pyridine rings is 1. The van der Waals surface area contributed by atoms with Gasteiger partial charge in [0.1, 0.15) is 10.6 Å². The van der Waals surface area contributed by atoms with Crippen molar-refractivity contribution in [1.82, 2.24) is 19.7 Å². The van der Waals surface area contributed by atoms with Crippen molar-refractivity contribution in [2.24, 2.45) is 0 Å². The lowest BCUT2D eigenvalue weighted by atomic mass is 9.96. The lowest BCUT2D eigenvalue weighted by Crippen LogP contribution is -2.54. The molecule has 0 amide bonds. The number of aromatic nitrogens is 1. The summed E-state index contributed by atoms with van der Waals surface area (Å²) in [5.41, 5.74) is 1.10. The summed E-state index contributed by atoms with van der Waals surface area (Å²) in [6.07, 6.45) is 6.81. The minimum atomic E-state index is -3.97. The second-order valence-corrected chi connectivity index (χ2v) is 17.1. The molecular formula is C32H44N5O5PS2. The quantitative estimate of drug-likeness (QED) is 0.329. The van der Waals surface area contributed by atoms with E-state index in [1.54, 1.807) is 36.4 Å². The first-order valence-electron chi connectivity index (χ1n) is 15.8. The van der Waals surface area contributed by atoms with E-state index in [1.807, 2.05) is 6.66 Å². The Morgan fingerprint density at radius 2 is 1.36 bits per heavy atom. The summed E-state index contributed by atoms with van der Waals surface area (Å²) in [7, 11) is -5.03. The zero-order chi connectivity index (χ0) is 31.8. The maximum atomic E-state index is 14.1. The van der Waals surface area contributed by atoms with Crippen LogP contribution in [0.5, 0.6) is 5.75 Å². The summed E-state index contributed by atoms with van der Waals surface area (Å²) in [6.45, 7) is 10.0. The molecular weight excluding hydrogens is 629 g/mol. The highest BCUT2D eigenvalue weighted by Gasteiger charge is 2.34. The van der Waals surface area contributed by atoms with Crippen LogP contribution in [-0.4, -0.2) is 121 Å². The summed E-state index contributed by atoms with van der Waals surface area (Å²) in [6, 6.07) is 12.3. The van der Waals surface area contributed by atoms with Crippen LogP contribution < -0.4 is 9.42 Å². The van der Waals surface area contributed by atoms with Gasteiger partial charge in [-0.2, -0.15) is 0 Å². The molecule has 3 saturated heterocycles. The highest BCUT2D eigenvalue weighted by atomic mass is 32.2. The second kappa shape index (κ2) is 13.4. The predicted molar refractivity (Wildman–Crippen MR) is 181 cm³/mol. The molecule has 0 aliphatic carbocycles. The third-order valence-electron chi connectivity index (χ3n) is 9.70. The number of likely N-dealkylation sites (N-methyl/N-ethyl adjacent to an activating group) is 1. The van der Waals surface area contributed by atoms with E-state index in [2.05, 4.69) is 31.6 Å². The maximum Gasteiger partial charge on any atom is 0.210 e. The van der Waals surface area contributed by atoms with Gasteiger partial charge in [0.2, 0.25) is 9.84 Å². The van der Waals surface area contributed by atoms with E-state index in [0.717, 1.165) is 52.1 Å². The molecule has 0 bridgehead atoms. The molecule has 45 heavy (non-hydrogen) atoms. The smallest absolute Gasteiger partial charge is 0.210 e. The number of hydrogen-bond donors (Lipinski definition) is 0. The molecule has 0 saturated carbocycles. The predicted octanol–water partition coefficient (Wildman–Crippen LogP) is 3.75. The van der Waals surface area contributed by atoms with E-state index in [4.69, 9.17) is 4.52 Å². The SMILES string of the molecule is CPOc1ccc(S(=O)(=O)c2cnc3ccc(S(C)(=O)=O)cc3c2N2CCC(N3CCC(N4CCN(C)CC4)CC3)CC2)cc1. The molecule has 2 aromatic carbocycles. The van der Waals surface area contributed by atoms with Gasteiger partial charge in [0.15, 0.2) is 9.84 Å². The molecule has 10 nitrogen and oxygen atoms in total. The first kappa shape index (κ1) is 32.6. The van der Waals surface area contributed by atoms with E-state index in [1.165, 1.54) is 31.4 Å². The van der Waals surface area contributed by atoms with Crippen molar-refractivity contribution >= 4 is 45.1 Å². The number of benzene rings is 2. The summed E-state index contributed by atoms with van der Waals surface area (Å²) in [4.78, 5) is 14.7. The van der Waals surface area contributed by atoms with Crippen molar-refractivity contribution in [2.75, 3.05) is 77.2 Å². The standard InChI is InChI=1S/C32H44N5O5PS2/c1-34-18-20-36(21-19-34)25-10-14-35(15-11-25)24-12-16-37(17-13-24)32-29-22-28(44(3,38)39)8-9-30(29)33-23-31(32)45(40,41)27-6-4-26(5-7-27)42-43-2/h4-9,22-25,43H,10-21H2,1-3H3. The first-order chi connectivity index (χ1) is 21.5. The number of likely N-dealkylation sites (tertiary alicyclic amines) is 1. The Bertz CT molecular complexity index is 1710. The highest BCUT2D eigenvalue weighted by Crippen LogP contribution is 2.39. The summed E-state index contributed by atoms with van der Waals surface area (Å²) in [5, 5.41) is 0.539. The summed E-state index contributed by atoms with van der Waals surface area (Å²) in [5.74, 6) is 0.610. The van der Waals surface area contributed by atoms with Gasteiger partial charge in [-0.3, -0.25) is 9.88 Å². The topological polar surface area (TPSA) is 103 Å². The van der Waals surface area contributed by atoms with Gasteiger partial charge in [0, 0.05) is 69.2 Å². The molecule has 1 atom stereocenters. The molecule has 244 valence electrons. The molecule has 0 spiro atoms. The second-order valence-electron chi connectivity index (χ2n) is 12.5. The molecule has 1 unspecified atom stereocenters. The molecule has 3 aliphatic rings. The van der Waals surface area contributed by atoms with Crippen LogP contribution in [0, 0.1) is 0 Å². The fourth-order valence-corrected chi connectivity index (χ4v) is 9.53. The van der Waals surface area contributed by atoms with Crippen LogP contribution in [0.1, 0.15) is 25.7 Å². The number of piperidine rings is 2. The Hall–Kier alpha value is -2.34. The molecule has 4 heterocycles. The lowest BCUT2D eigenvalue weighted by Gasteiger charge is -2.46. The van der Waals surface area contributed by atoms with E-state index in [9.17, 15) is 16.8 Å². The fraction of sp³-hybridized carbons (Fsp3) is 0.531. The maximum absolute atomic E-state index is 14.1. The highest BCUT2D eigenvalue weighted by molar-refractivity contribution is 7.91. The van der Waals surface area contributed by atoms with Gasteiger partial charge in [0.25, 0.3) is 0 Å². The molecule has 0 radical (unpaired) electrons. The minimum absolute atomic E-state index is 0.0955. The Morgan fingerprint density at radius 1 is 0.778 bits per heavy atom. The van der Waals surface area contributed by atoms with Crippen LogP contribution in [0.25, 0.3) is 10.9 Å². The fourth-order valence-electron chi connectivity index (χ4n) is 7.08. The molecule has 3 fully saturated rings. The van der Waals surface area contributed by atoms with Crippen molar-refractivity contribution in [3.05, 3.63) is 48.7 Å². The van der Waals surface area contributed by atoms with Crippen LogP contribution in [0.3, 0.4) is 0 Å². The first-order valence-corrected chi connectivity index (χ1v) is 20.6. The minimum Gasteiger partial charge on any atom is -0.477 e. The van der Waals surface area contributed by atoms with Crippen molar-refractivity contribution in [3.63, 3.8) is 0 Å². The zero-order valence-corrected chi connectivity index (χ0v) is 29.0. The number of fused-ring (bicyclic) bond motifs is 1. The average molecular weight is 674 g/mol. The van der Waals surface area contributed by atoms with Crippen LogP contribution in [0.4, 0.5) is 5.69 Å². The summed E-state index contributed by atoms with van der Waals surface area (Å²) >= 11 is 0. The largest absolute Gasteiger partial charge is 0.477 e. The van der Waals surface area contributed by atoms with Gasteiger partial charge in [-0.1, -0.05) is 0 Å². The monoisotopic (exact) mass is 673 g/mol. The number of hydrogen-bond acceptors (Lipinski definition) is 10. The summed E-state index contributed by atoms with van der Waals surface area (Å²) < 4.78 is 58.9. The Labute approximate surface area is 269 Å². The van der Waals surface area contributed by atoms with Gasteiger partial charge in [-0.25, -0.2) is 16.8 Å². The number of rotatable bonds is 8. The van der Waals surface area contributed by atoms with Crippen LogP contribution in [-0.2, 0) is 19.7 Å². The van der Waals surface area contributed by atoms with E-state index >= 15 is 0 Å². The van der Waals surface area contributed by atoms with Crippen molar-refractivity contribution < 1.29 is 21.4 Å². The van der Waals surface area contributed by atoms with Gasteiger partial charge in [-0.05, 0) is 94.9 Å². The van der Waals surface area contributed by atoms with E-state index < -0.39 is 19.7 Å². The van der Waals surface area contributed by atoms with Crippen LogP contribution in [0.15, 0.2) is 63.3 Å². The number of sulfone groups is 2. The third kappa shape index (κ3) is 7.01. The van der Waals surface area contributed by atoms with E-state index in [0.29, 0.717) is 47.5 Å². The van der Waals surface area contributed by atoms with Gasteiger partial charge < -0.3 is 19.2 Å². The molecule has 3 aliphatic heterocycles. The molecule has 13 heteroatoms.